The van der Waals surface area contributed by atoms with E-state index in [0.717, 1.165) is 48.3 Å². The molecule has 5 heteroatoms. The molecule has 3 aliphatic rings. The monoisotopic (exact) mass is 398 g/mol. The van der Waals surface area contributed by atoms with Gasteiger partial charge in [-0.1, -0.05) is 24.3 Å². The normalized spacial score (nSPS) is 28.2. The molecule has 0 heterocycles. The van der Waals surface area contributed by atoms with E-state index in [1.807, 2.05) is 24.3 Å². The van der Waals surface area contributed by atoms with Crippen molar-refractivity contribution in [2.75, 3.05) is 7.11 Å². The van der Waals surface area contributed by atoms with Gasteiger partial charge in [0, 0.05) is 11.5 Å². The summed E-state index contributed by atoms with van der Waals surface area (Å²) in [6, 6.07) is 12.7. The van der Waals surface area contributed by atoms with E-state index in [1.54, 1.807) is 7.11 Å². The summed E-state index contributed by atoms with van der Waals surface area (Å²) in [6.07, 6.45) is -1.10. The van der Waals surface area contributed by atoms with Crippen LogP contribution in [-0.2, 0) is 11.0 Å². The Labute approximate surface area is 167 Å². The summed E-state index contributed by atoms with van der Waals surface area (Å²) < 4.78 is 44.2. The Kier molecular flexibility index (Phi) is 4.12. The fraction of sp³-hybridized carbons (Fsp3) is 0.375. The highest BCUT2D eigenvalue weighted by Gasteiger charge is 2.57. The third-order valence-corrected chi connectivity index (χ3v) is 6.97. The molecule has 0 saturated heterocycles. The lowest BCUT2D eigenvalue weighted by Crippen LogP contribution is -2.24. The predicted octanol–water partition coefficient (Wildman–Crippen LogP) is 5.87. The summed E-state index contributed by atoms with van der Waals surface area (Å²) in [5.74, 6) is 1.87. The molecule has 0 spiro atoms. The molecule has 5 rings (SSSR count). The molecule has 2 fully saturated rings. The number of ether oxygens (including phenoxy) is 1. The zero-order chi connectivity index (χ0) is 20.3. The minimum Gasteiger partial charge on any atom is -0.497 e. The average molecular weight is 398 g/mol. The van der Waals surface area contributed by atoms with Gasteiger partial charge in [-0.3, -0.25) is 4.79 Å². The molecule has 0 amide bonds. The van der Waals surface area contributed by atoms with Crippen LogP contribution in [-0.4, -0.2) is 12.9 Å². The zero-order valence-corrected chi connectivity index (χ0v) is 16.0. The van der Waals surface area contributed by atoms with Crippen molar-refractivity contribution in [3.05, 3.63) is 65.2 Å². The Morgan fingerprint density at radius 2 is 1.45 bits per heavy atom. The smallest absolute Gasteiger partial charge is 0.416 e. The Morgan fingerprint density at radius 3 is 2.03 bits per heavy atom. The molecule has 3 aliphatic carbocycles. The molecule has 4 atom stereocenters. The topological polar surface area (TPSA) is 26.3 Å². The van der Waals surface area contributed by atoms with Crippen LogP contribution >= 0.6 is 0 Å². The van der Waals surface area contributed by atoms with Crippen LogP contribution in [0.25, 0.3) is 11.1 Å². The predicted molar refractivity (Wildman–Crippen MR) is 104 cm³/mol. The fourth-order valence-electron chi connectivity index (χ4n) is 5.78. The van der Waals surface area contributed by atoms with Gasteiger partial charge in [0.1, 0.15) is 5.75 Å². The van der Waals surface area contributed by atoms with Gasteiger partial charge < -0.3 is 4.74 Å². The van der Waals surface area contributed by atoms with Crippen molar-refractivity contribution in [2.24, 2.45) is 23.7 Å². The minimum absolute atomic E-state index is 0.0249. The lowest BCUT2D eigenvalue weighted by Gasteiger charge is -2.26. The van der Waals surface area contributed by atoms with Gasteiger partial charge in [-0.15, -0.1) is 0 Å². The second kappa shape index (κ2) is 6.48. The molecule has 2 nitrogen and oxygen atoms in total. The number of hydrogen-bond acceptors (Lipinski definition) is 2. The maximum atomic E-state index is 13.5. The van der Waals surface area contributed by atoms with Crippen LogP contribution in [0.2, 0.25) is 0 Å². The largest absolute Gasteiger partial charge is 0.497 e. The molecular weight excluding hydrogens is 377 g/mol. The number of alkyl halides is 3. The third kappa shape index (κ3) is 2.82. The second-order valence-corrected chi connectivity index (χ2v) is 8.34. The molecule has 0 aromatic heterocycles. The lowest BCUT2D eigenvalue weighted by atomic mass is 9.77. The maximum Gasteiger partial charge on any atom is 0.416 e. The molecular formula is C24H21F3O2. The maximum absolute atomic E-state index is 13.5. The molecule has 0 radical (unpaired) electrons. The molecule has 2 bridgehead atoms. The molecule has 2 aromatic rings. The molecule has 0 N–H and O–H groups in total. The van der Waals surface area contributed by atoms with Crippen LogP contribution in [0.4, 0.5) is 13.2 Å². The van der Waals surface area contributed by atoms with E-state index in [-0.39, 0.29) is 17.6 Å². The Morgan fingerprint density at radius 1 is 0.862 bits per heavy atom. The van der Waals surface area contributed by atoms with Crippen molar-refractivity contribution >= 4 is 16.9 Å². The summed E-state index contributed by atoms with van der Waals surface area (Å²) in [5, 5.41) is 0. The highest BCUT2D eigenvalue weighted by molar-refractivity contribution is 6.32. The number of rotatable bonds is 3. The van der Waals surface area contributed by atoms with Crippen LogP contribution < -0.4 is 4.74 Å². The molecule has 2 unspecified atom stereocenters. The van der Waals surface area contributed by atoms with Gasteiger partial charge in [0.05, 0.1) is 12.7 Å². The Bertz CT molecular complexity index is 986. The van der Waals surface area contributed by atoms with Crippen LogP contribution in [0.3, 0.4) is 0 Å². The van der Waals surface area contributed by atoms with Crippen molar-refractivity contribution in [3.8, 4) is 5.75 Å². The van der Waals surface area contributed by atoms with E-state index < -0.39 is 11.7 Å². The van der Waals surface area contributed by atoms with E-state index in [2.05, 4.69) is 0 Å². The van der Waals surface area contributed by atoms with E-state index >= 15 is 0 Å². The number of methoxy groups -OCH3 is 1. The standard InChI is InChI=1S/C24H21F3O2/c1-29-18-10-6-13(7-11-18)19-20-15-2-3-16(12-15)22(20)23(28)21(19)14-4-8-17(9-5-14)24(25,26)27/h4-11,15-16,20,22H,2-3,12H2,1H3/t15-,16+,20?,22?/m1/s1. The van der Waals surface area contributed by atoms with E-state index in [4.69, 9.17) is 4.74 Å². The molecule has 29 heavy (non-hydrogen) atoms. The van der Waals surface area contributed by atoms with E-state index in [1.165, 1.54) is 12.1 Å². The first-order valence-electron chi connectivity index (χ1n) is 9.99. The van der Waals surface area contributed by atoms with Crippen molar-refractivity contribution < 1.29 is 22.7 Å². The first-order chi connectivity index (χ1) is 13.9. The van der Waals surface area contributed by atoms with Crippen molar-refractivity contribution in [1.82, 2.24) is 0 Å². The number of fused-ring (bicyclic) bond motifs is 5. The van der Waals surface area contributed by atoms with E-state index in [0.29, 0.717) is 23.0 Å². The summed E-state index contributed by atoms with van der Waals surface area (Å²) in [5.41, 5.74) is 2.47. The van der Waals surface area contributed by atoms with Gasteiger partial charge >= 0.3 is 6.18 Å². The number of hydrogen-bond donors (Lipinski definition) is 0. The summed E-state index contributed by atoms with van der Waals surface area (Å²) in [4.78, 5) is 13.5. The molecule has 2 aromatic carbocycles. The lowest BCUT2D eigenvalue weighted by molar-refractivity contribution is -0.137. The Balaban J connectivity index is 1.65. The SMILES string of the molecule is COc1ccc(C2=C(c3ccc(C(F)(F)F)cc3)C(=O)C3C2[C@@H]2CC[C@H]3C2)cc1. The summed E-state index contributed by atoms with van der Waals surface area (Å²) >= 11 is 0. The number of benzene rings is 2. The van der Waals surface area contributed by atoms with Gasteiger partial charge in [-0.25, -0.2) is 0 Å². The molecule has 0 aliphatic heterocycles. The zero-order valence-electron chi connectivity index (χ0n) is 16.0. The van der Waals surface area contributed by atoms with E-state index in [9.17, 15) is 18.0 Å². The van der Waals surface area contributed by atoms with Gasteiger partial charge in [-0.2, -0.15) is 13.2 Å². The first kappa shape index (κ1) is 18.5. The summed E-state index contributed by atoms with van der Waals surface area (Å²) in [6.45, 7) is 0. The highest BCUT2D eigenvalue weighted by Crippen LogP contribution is 2.62. The first-order valence-corrected chi connectivity index (χ1v) is 9.99. The van der Waals surface area contributed by atoms with Crippen LogP contribution in [0, 0.1) is 23.7 Å². The van der Waals surface area contributed by atoms with Gasteiger partial charge in [0.15, 0.2) is 5.78 Å². The molecule has 2 saturated carbocycles. The fourth-order valence-corrected chi connectivity index (χ4v) is 5.78. The van der Waals surface area contributed by atoms with Crippen molar-refractivity contribution in [1.29, 1.82) is 0 Å². The third-order valence-electron chi connectivity index (χ3n) is 6.97. The quantitative estimate of drug-likeness (QED) is 0.646. The van der Waals surface area contributed by atoms with Crippen LogP contribution in [0.5, 0.6) is 5.75 Å². The minimum atomic E-state index is -4.39. The van der Waals surface area contributed by atoms with Crippen molar-refractivity contribution in [3.63, 3.8) is 0 Å². The Hall–Kier alpha value is -2.56. The number of carbonyl (C=O) groups excluding carboxylic acids is 1. The van der Waals surface area contributed by atoms with Crippen molar-refractivity contribution in [2.45, 2.75) is 25.4 Å². The number of halogens is 3. The number of carbonyl (C=O) groups is 1. The van der Waals surface area contributed by atoms with Gasteiger partial charge in [0.25, 0.3) is 0 Å². The summed E-state index contributed by atoms with van der Waals surface area (Å²) in [7, 11) is 1.60. The molecule has 150 valence electrons. The highest BCUT2D eigenvalue weighted by atomic mass is 19.4. The average Bonchev–Trinajstić information content (AvgIpc) is 3.40. The van der Waals surface area contributed by atoms with Crippen LogP contribution in [0.1, 0.15) is 36.0 Å². The number of allylic oxidation sites excluding steroid dienone is 2. The van der Waals surface area contributed by atoms with Gasteiger partial charge in [0.2, 0.25) is 0 Å². The number of ketones is 1. The van der Waals surface area contributed by atoms with Crippen LogP contribution in [0.15, 0.2) is 48.5 Å². The van der Waals surface area contributed by atoms with Gasteiger partial charge in [-0.05, 0) is 78.0 Å². The second-order valence-electron chi connectivity index (χ2n) is 8.34. The number of Topliss-reactive ketones (excluding diaryl/α,β-unsaturated/α-hetero) is 1.